The number of nitrogens with two attached hydrogens (primary N) is 1. The van der Waals surface area contributed by atoms with Crippen molar-refractivity contribution in [3.05, 3.63) is 42.3 Å². The first-order valence-corrected chi connectivity index (χ1v) is 8.30. The number of carbonyl (C=O) groups is 1. The van der Waals surface area contributed by atoms with Gasteiger partial charge in [-0.3, -0.25) is 4.79 Å². The zero-order valence-corrected chi connectivity index (χ0v) is 13.2. The molecular formula is C18H23N3O2. The summed E-state index contributed by atoms with van der Waals surface area (Å²) in [5.41, 5.74) is 7.85. The highest BCUT2D eigenvalue weighted by Crippen LogP contribution is 2.27. The molecule has 1 fully saturated rings. The van der Waals surface area contributed by atoms with Crippen LogP contribution in [-0.4, -0.2) is 23.7 Å². The maximum Gasteiger partial charge on any atom is 0.274 e. The molecule has 1 aromatic heterocycles. The molecule has 1 aliphatic rings. The van der Waals surface area contributed by atoms with Crippen LogP contribution in [-0.2, 0) is 0 Å². The van der Waals surface area contributed by atoms with Gasteiger partial charge in [0.2, 0.25) is 0 Å². The first-order chi connectivity index (χ1) is 11.3. The number of aromatic nitrogens is 1. The predicted molar refractivity (Wildman–Crippen MR) is 88.8 cm³/mol. The third-order valence-corrected chi connectivity index (χ3v) is 4.66. The van der Waals surface area contributed by atoms with Gasteiger partial charge in [-0.05, 0) is 24.3 Å². The minimum absolute atomic E-state index is 0.00289. The van der Waals surface area contributed by atoms with Crippen molar-refractivity contribution in [2.45, 2.75) is 38.1 Å². The molecule has 1 saturated carbocycles. The first-order valence-electron chi connectivity index (χ1n) is 8.30. The van der Waals surface area contributed by atoms with Gasteiger partial charge in [0, 0.05) is 12.6 Å². The lowest BCUT2D eigenvalue weighted by Gasteiger charge is -2.29. The lowest BCUT2D eigenvalue weighted by Crippen LogP contribution is -2.46. The molecule has 2 aromatic rings. The van der Waals surface area contributed by atoms with Crippen molar-refractivity contribution >= 4 is 5.91 Å². The Balaban J connectivity index is 1.74. The normalized spacial score (nSPS) is 16.9. The molecule has 0 aliphatic heterocycles. The summed E-state index contributed by atoms with van der Waals surface area (Å²) in [6, 6.07) is 9.66. The van der Waals surface area contributed by atoms with Crippen LogP contribution in [0.1, 0.15) is 42.6 Å². The van der Waals surface area contributed by atoms with Gasteiger partial charge in [0.05, 0.1) is 5.56 Å². The summed E-state index contributed by atoms with van der Waals surface area (Å²) < 4.78 is 5.04. The van der Waals surface area contributed by atoms with E-state index >= 15 is 0 Å². The average molecular weight is 313 g/mol. The summed E-state index contributed by atoms with van der Waals surface area (Å²) >= 11 is 0. The van der Waals surface area contributed by atoms with Gasteiger partial charge < -0.3 is 15.6 Å². The standard InChI is InChI=1S/C18H23N3O2/c19-11-16(14-9-5-2-6-10-14)20-18(22)17-15(12-23-21-17)13-7-3-1-4-8-13/h1,3-4,7-8,12,14,16H,2,5-6,9-11,19H2,(H,20,22). The van der Waals surface area contributed by atoms with E-state index in [9.17, 15) is 4.79 Å². The highest BCUT2D eigenvalue weighted by molar-refractivity contribution is 5.98. The van der Waals surface area contributed by atoms with Gasteiger partial charge in [-0.1, -0.05) is 54.8 Å². The number of nitrogens with zero attached hydrogens (tertiary/aromatic N) is 1. The summed E-state index contributed by atoms with van der Waals surface area (Å²) in [5.74, 6) is 0.253. The summed E-state index contributed by atoms with van der Waals surface area (Å²) in [6.45, 7) is 0.453. The van der Waals surface area contributed by atoms with Gasteiger partial charge >= 0.3 is 0 Å². The molecule has 1 aromatic carbocycles. The number of rotatable bonds is 5. The molecule has 1 aliphatic carbocycles. The Morgan fingerprint density at radius 3 is 2.70 bits per heavy atom. The van der Waals surface area contributed by atoms with Gasteiger partial charge in [0.1, 0.15) is 6.26 Å². The number of nitrogens with one attached hydrogen (secondary N) is 1. The van der Waals surface area contributed by atoms with Crippen molar-refractivity contribution in [3.8, 4) is 11.1 Å². The van der Waals surface area contributed by atoms with E-state index in [2.05, 4.69) is 10.5 Å². The van der Waals surface area contributed by atoms with Crippen LogP contribution in [0.2, 0.25) is 0 Å². The van der Waals surface area contributed by atoms with E-state index in [1.807, 2.05) is 30.3 Å². The molecule has 1 atom stereocenters. The Labute approximate surface area is 136 Å². The monoisotopic (exact) mass is 313 g/mol. The minimum atomic E-state index is -0.210. The Hall–Kier alpha value is -2.14. The second kappa shape index (κ2) is 7.42. The van der Waals surface area contributed by atoms with Crippen molar-refractivity contribution in [2.75, 3.05) is 6.54 Å². The SMILES string of the molecule is NCC(NC(=O)c1nocc1-c1ccccc1)C1CCCCC1. The molecule has 0 bridgehead atoms. The van der Waals surface area contributed by atoms with E-state index in [1.165, 1.54) is 25.5 Å². The maximum atomic E-state index is 12.6. The van der Waals surface area contributed by atoms with E-state index in [1.54, 1.807) is 0 Å². The van der Waals surface area contributed by atoms with Crippen molar-refractivity contribution in [3.63, 3.8) is 0 Å². The molecule has 0 spiro atoms. The second-order valence-corrected chi connectivity index (χ2v) is 6.16. The average Bonchev–Trinajstić information content (AvgIpc) is 3.11. The highest BCUT2D eigenvalue weighted by Gasteiger charge is 2.26. The van der Waals surface area contributed by atoms with E-state index < -0.39 is 0 Å². The van der Waals surface area contributed by atoms with Crippen LogP contribution in [0.3, 0.4) is 0 Å². The molecule has 3 rings (SSSR count). The smallest absolute Gasteiger partial charge is 0.274 e. The molecule has 0 saturated heterocycles. The quantitative estimate of drug-likeness (QED) is 0.889. The fraction of sp³-hybridized carbons (Fsp3) is 0.444. The summed E-state index contributed by atoms with van der Waals surface area (Å²) in [4.78, 5) is 12.6. The van der Waals surface area contributed by atoms with Gasteiger partial charge in [0.15, 0.2) is 5.69 Å². The van der Waals surface area contributed by atoms with E-state index in [4.69, 9.17) is 10.3 Å². The Morgan fingerprint density at radius 1 is 1.26 bits per heavy atom. The second-order valence-electron chi connectivity index (χ2n) is 6.16. The number of hydrogen-bond donors (Lipinski definition) is 2. The van der Waals surface area contributed by atoms with Crippen LogP contribution in [0.25, 0.3) is 11.1 Å². The molecule has 122 valence electrons. The van der Waals surface area contributed by atoms with Crippen molar-refractivity contribution in [2.24, 2.45) is 11.7 Å². The lowest BCUT2D eigenvalue weighted by molar-refractivity contribution is 0.0907. The van der Waals surface area contributed by atoms with Crippen LogP contribution in [0.15, 0.2) is 41.1 Å². The summed E-state index contributed by atoms with van der Waals surface area (Å²) in [6.07, 6.45) is 7.50. The Bertz CT molecular complexity index is 633. The highest BCUT2D eigenvalue weighted by atomic mass is 16.5. The van der Waals surface area contributed by atoms with Crippen LogP contribution < -0.4 is 11.1 Å². The Morgan fingerprint density at radius 2 is 2.00 bits per heavy atom. The molecule has 23 heavy (non-hydrogen) atoms. The molecule has 1 amide bonds. The number of benzene rings is 1. The van der Waals surface area contributed by atoms with Gasteiger partial charge in [0.25, 0.3) is 5.91 Å². The fourth-order valence-electron chi connectivity index (χ4n) is 3.37. The number of carbonyl (C=O) groups excluding carboxylic acids is 1. The van der Waals surface area contributed by atoms with E-state index in [0.29, 0.717) is 23.7 Å². The van der Waals surface area contributed by atoms with E-state index in [0.717, 1.165) is 18.4 Å². The van der Waals surface area contributed by atoms with Crippen molar-refractivity contribution in [1.29, 1.82) is 0 Å². The van der Waals surface area contributed by atoms with Crippen LogP contribution >= 0.6 is 0 Å². The zero-order valence-electron chi connectivity index (χ0n) is 13.2. The molecule has 3 N–H and O–H groups in total. The zero-order chi connectivity index (χ0) is 16.1. The van der Waals surface area contributed by atoms with Crippen LogP contribution in [0.5, 0.6) is 0 Å². The van der Waals surface area contributed by atoms with Crippen molar-refractivity contribution in [1.82, 2.24) is 10.5 Å². The molecule has 5 nitrogen and oxygen atoms in total. The minimum Gasteiger partial charge on any atom is -0.363 e. The lowest BCUT2D eigenvalue weighted by atomic mass is 9.84. The molecule has 0 radical (unpaired) electrons. The van der Waals surface area contributed by atoms with E-state index in [-0.39, 0.29) is 11.9 Å². The van der Waals surface area contributed by atoms with Crippen molar-refractivity contribution < 1.29 is 9.32 Å². The molecular weight excluding hydrogens is 290 g/mol. The third kappa shape index (κ3) is 3.62. The van der Waals surface area contributed by atoms with Crippen LogP contribution in [0.4, 0.5) is 0 Å². The van der Waals surface area contributed by atoms with Crippen LogP contribution in [0, 0.1) is 5.92 Å². The molecule has 5 heteroatoms. The first kappa shape index (κ1) is 15.7. The van der Waals surface area contributed by atoms with Gasteiger partial charge in [-0.2, -0.15) is 0 Å². The largest absolute Gasteiger partial charge is 0.363 e. The van der Waals surface area contributed by atoms with Gasteiger partial charge in [-0.15, -0.1) is 0 Å². The number of amides is 1. The summed E-state index contributed by atoms with van der Waals surface area (Å²) in [7, 11) is 0. The summed E-state index contributed by atoms with van der Waals surface area (Å²) in [5, 5.41) is 6.96. The fourth-order valence-corrected chi connectivity index (χ4v) is 3.37. The topological polar surface area (TPSA) is 81.1 Å². The maximum absolute atomic E-state index is 12.6. The third-order valence-electron chi connectivity index (χ3n) is 4.66. The molecule has 1 unspecified atom stereocenters. The Kier molecular flexibility index (Phi) is 5.08. The number of hydrogen-bond acceptors (Lipinski definition) is 4. The van der Waals surface area contributed by atoms with Gasteiger partial charge in [-0.25, -0.2) is 0 Å². The predicted octanol–water partition coefficient (Wildman–Crippen LogP) is 2.98. The molecule has 1 heterocycles.